The first-order valence-corrected chi connectivity index (χ1v) is 55.3. The first kappa shape index (κ1) is 118. The van der Waals surface area contributed by atoms with Crippen molar-refractivity contribution in [1.29, 1.82) is 0 Å². The van der Waals surface area contributed by atoms with E-state index in [9.17, 15) is 0 Å². The summed E-state index contributed by atoms with van der Waals surface area (Å²) in [5, 5.41) is 0. The molecule has 12 aromatic carbocycles. The average molecular weight is 2000 g/mol. The Kier molecular flexibility index (Phi) is 53.1. The zero-order valence-corrected chi connectivity index (χ0v) is 92.2. The van der Waals surface area contributed by atoms with E-state index in [0.717, 1.165) is 126 Å². The van der Waals surface area contributed by atoms with E-state index < -0.39 is 0 Å². The summed E-state index contributed by atoms with van der Waals surface area (Å²) in [4.78, 5) is 0. The lowest BCUT2D eigenvalue weighted by Gasteiger charge is -2.29. The molecular weight excluding hydrogens is 1820 g/mol. The Morgan fingerprint density at radius 2 is 0.701 bits per heavy atom. The van der Waals surface area contributed by atoms with Crippen LogP contribution in [0.4, 0.5) is 0 Å². The van der Waals surface area contributed by atoms with Gasteiger partial charge in [0.05, 0.1) is 32.5 Å². The van der Waals surface area contributed by atoms with Crippen LogP contribution in [0.1, 0.15) is 349 Å². The molecule has 12 aromatic rings. The van der Waals surface area contributed by atoms with Crippen LogP contribution in [0.25, 0.3) is 11.1 Å². The molecule has 0 spiro atoms. The molecule has 0 heterocycles. The number of ether oxygens (including phenoxy) is 14. The maximum atomic E-state index is 6.36. The molecule has 0 aliphatic heterocycles. The lowest BCUT2D eigenvalue weighted by Crippen LogP contribution is -2.30. The topological polar surface area (TPSA) is 129 Å². The monoisotopic (exact) mass is 2000 g/mol. The number of para-hydroxylation sites is 1. The van der Waals surface area contributed by atoms with Crippen molar-refractivity contribution in [3.05, 3.63) is 371 Å². The van der Waals surface area contributed by atoms with Gasteiger partial charge in [-0.1, -0.05) is 372 Å². The molecule has 0 saturated heterocycles. The highest BCUT2D eigenvalue weighted by Gasteiger charge is 2.27. The van der Waals surface area contributed by atoms with Crippen LogP contribution in [0.2, 0.25) is 0 Å². The van der Waals surface area contributed by atoms with Crippen molar-refractivity contribution in [3.8, 4) is 57.1 Å². The Labute approximate surface area is 885 Å². The summed E-state index contributed by atoms with van der Waals surface area (Å²) in [6.45, 7) is 40.3. The summed E-state index contributed by atoms with van der Waals surface area (Å²) in [5.74, 6) is 11.1. The second-order valence-corrected chi connectivity index (χ2v) is 40.5. The van der Waals surface area contributed by atoms with Gasteiger partial charge in [0.1, 0.15) is 59.2 Å². The highest BCUT2D eigenvalue weighted by molar-refractivity contribution is 5.70. The molecule has 10 atom stereocenters. The second kappa shape index (κ2) is 66.3. The Morgan fingerprint density at radius 1 is 0.320 bits per heavy atom. The SMILES string of the molecule is CCC(C)(C)c1ccc(OC(C)OCCOc2ccc(C3CCCCC3)cc2)cc1.CCC(C)c1ccc(OC(C)OCCOc2ccccc2-c2ccccc2)cc1.CCC(C)c1ccc(OC(C)OCCc2ccc(C)cc2)cc1.CCC(C)c1ccc(OC(OC)C2CCCCC2)cc1.CCC(C)c1ccc(OC(OC2CCCCC2)c2ccccc2)cc1.CCC(C)c1ccc(OCOCc2ccccc2)cc1. The molecule has 0 N–H and O–H groups in total. The van der Waals surface area contributed by atoms with Crippen LogP contribution in [0.15, 0.2) is 309 Å². The van der Waals surface area contributed by atoms with Gasteiger partial charge < -0.3 is 66.3 Å². The number of hydrogen-bond acceptors (Lipinski definition) is 14. The van der Waals surface area contributed by atoms with Crippen LogP contribution in [0.3, 0.4) is 0 Å². The molecule has 14 nitrogen and oxygen atoms in total. The average Bonchev–Trinajstić information content (AvgIpc) is 0.787. The third kappa shape index (κ3) is 42.8. The van der Waals surface area contributed by atoms with Crippen molar-refractivity contribution in [3.63, 3.8) is 0 Å². The van der Waals surface area contributed by atoms with Crippen molar-refractivity contribution >= 4 is 0 Å². The molecule has 0 radical (unpaired) electrons. The summed E-state index contributed by atoms with van der Waals surface area (Å²) in [5.41, 5.74) is 16.8. The fourth-order valence-corrected chi connectivity index (χ4v) is 18.0. The van der Waals surface area contributed by atoms with Gasteiger partial charge >= 0.3 is 0 Å². The molecule has 3 saturated carbocycles. The van der Waals surface area contributed by atoms with Gasteiger partial charge in [0.2, 0.25) is 12.6 Å². The maximum absolute atomic E-state index is 6.36. The molecule has 0 amide bonds. The minimum atomic E-state index is -0.336. The molecule has 3 fully saturated rings. The van der Waals surface area contributed by atoms with Gasteiger partial charge in [-0.3, -0.25) is 0 Å². The fraction of sp³-hybridized carbons (Fsp3) is 0.459. The maximum Gasteiger partial charge on any atom is 0.226 e. The van der Waals surface area contributed by atoms with E-state index >= 15 is 0 Å². The molecular formula is C133H176O14. The molecule has 14 heteroatoms. The predicted molar refractivity (Wildman–Crippen MR) is 606 cm³/mol. The zero-order valence-electron chi connectivity index (χ0n) is 92.2. The van der Waals surface area contributed by atoms with E-state index in [1.807, 2.05) is 154 Å². The minimum absolute atomic E-state index is 0.0928. The van der Waals surface area contributed by atoms with E-state index in [-0.39, 0.29) is 43.7 Å². The molecule has 15 rings (SSSR count). The van der Waals surface area contributed by atoms with Crippen LogP contribution in [0, 0.1) is 12.8 Å². The van der Waals surface area contributed by atoms with E-state index in [1.165, 1.54) is 140 Å². The van der Waals surface area contributed by atoms with E-state index in [1.54, 1.807) is 7.11 Å². The van der Waals surface area contributed by atoms with Crippen molar-refractivity contribution in [2.24, 2.45) is 5.92 Å². The normalized spacial score (nSPS) is 15.3. The molecule has 0 bridgehead atoms. The smallest absolute Gasteiger partial charge is 0.226 e. The predicted octanol–water partition coefficient (Wildman–Crippen LogP) is 35.9. The Hall–Kier alpha value is -11.2. The van der Waals surface area contributed by atoms with E-state index in [0.29, 0.717) is 81.3 Å². The molecule has 0 aromatic heterocycles. The number of benzene rings is 12. The van der Waals surface area contributed by atoms with Crippen molar-refractivity contribution in [2.75, 3.05) is 46.9 Å². The van der Waals surface area contributed by atoms with Gasteiger partial charge in [0, 0.05) is 24.2 Å². The zero-order chi connectivity index (χ0) is 105. The van der Waals surface area contributed by atoms with E-state index in [2.05, 4.69) is 273 Å². The first-order valence-electron chi connectivity index (χ1n) is 55.3. The van der Waals surface area contributed by atoms with Gasteiger partial charge in [-0.2, -0.15) is 0 Å². The highest BCUT2D eigenvalue weighted by atomic mass is 16.7. The van der Waals surface area contributed by atoms with E-state index in [4.69, 9.17) is 66.3 Å². The van der Waals surface area contributed by atoms with Gasteiger partial charge in [-0.15, -0.1) is 0 Å². The Bertz CT molecular complexity index is 5390. The molecule has 3 aliphatic rings. The van der Waals surface area contributed by atoms with Crippen LogP contribution in [-0.2, 0) is 46.9 Å². The summed E-state index contributed by atoms with van der Waals surface area (Å²) >= 11 is 0. The highest BCUT2D eigenvalue weighted by Crippen LogP contribution is 2.38. The fourth-order valence-electron chi connectivity index (χ4n) is 18.0. The van der Waals surface area contributed by atoms with Crippen molar-refractivity contribution in [1.82, 2.24) is 0 Å². The van der Waals surface area contributed by atoms with Gasteiger partial charge in [0.25, 0.3) is 0 Å². The number of methoxy groups -OCH3 is 1. The Balaban J connectivity index is 0.000000182. The quantitative estimate of drug-likeness (QED) is 0.0265. The standard InChI is InChI=1S/C27H38O3.C26H30O3.C23H30O2.C21H28O2.C18H28O2.C18H22O2/c1-5-27(3,4)24-13-17-26(18-14-24)30-21(2)28-19-20-29-25-15-11-23(12-16-25)22-9-7-6-8-10-22;1-4-20(2)22-14-16-24(17-15-22)29-21(3)27-18-19-28-26-13-9-8-12-25(26)23-10-6-5-7-11-23;1-3-18(2)19-14-16-22(17-15-19)25-23(20-10-6-4-7-11-20)24-21-12-8-5-9-13-21;1-5-17(3)20-10-12-21(13-11-20)23-18(4)22-15-14-19-8-6-16(2)7-9-19;1-4-14(2)15-10-12-17(13-11-15)20-18(19-3)16-8-6-5-7-9-16;1-3-15(2)17-9-11-18(12-10-17)20-14-19-13-16-7-5-4-6-8-16/h11-18,21-22H,5-10,19-20H2,1-4H3;5-17,20-21H,4,18-19H2,1-3H3;4,6-7,10-11,14-18,21,23H,3,5,8-9,12-13H2,1-2H3;6-13,17-18H,5,14-15H2,1-4H3;10-14,16,18H,4-9H2,1-3H3;4-12,15H,3,13-14H2,1-2H3. The summed E-state index contributed by atoms with van der Waals surface area (Å²) in [6.07, 6.45) is 26.1. The van der Waals surface area contributed by atoms with Crippen LogP contribution < -0.4 is 37.9 Å². The summed E-state index contributed by atoms with van der Waals surface area (Å²) in [7, 11) is 1.76. The third-order valence-corrected chi connectivity index (χ3v) is 29.0. The summed E-state index contributed by atoms with van der Waals surface area (Å²) < 4.78 is 81.9. The van der Waals surface area contributed by atoms with Gasteiger partial charge in [-0.25, -0.2) is 0 Å². The number of hydrogen-bond donors (Lipinski definition) is 0. The molecule has 10 unspecified atom stereocenters. The van der Waals surface area contributed by atoms with Gasteiger partial charge in [0.15, 0.2) is 25.7 Å². The third-order valence-electron chi connectivity index (χ3n) is 29.0. The van der Waals surface area contributed by atoms with Crippen LogP contribution >= 0.6 is 0 Å². The molecule has 147 heavy (non-hydrogen) atoms. The minimum Gasteiger partial charge on any atom is -0.491 e. The molecule has 792 valence electrons. The van der Waals surface area contributed by atoms with Crippen LogP contribution in [-0.4, -0.2) is 78.2 Å². The Morgan fingerprint density at radius 3 is 1.16 bits per heavy atom. The molecule has 3 aliphatic carbocycles. The first-order chi connectivity index (χ1) is 71.5. The van der Waals surface area contributed by atoms with Crippen LogP contribution in [0.5, 0.6) is 46.0 Å². The summed E-state index contributed by atoms with van der Waals surface area (Å²) in [6, 6.07) is 106. The van der Waals surface area contributed by atoms with Crippen molar-refractivity contribution in [2.45, 2.75) is 344 Å². The van der Waals surface area contributed by atoms with Crippen molar-refractivity contribution < 1.29 is 66.3 Å². The lowest BCUT2D eigenvalue weighted by atomic mass is 9.82. The lowest BCUT2D eigenvalue weighted by molar-refractivity contribution is -0.131. The van der Waals surface area contributed by atoms with Gasteiger partial charge in [-0.05, 0) is 299 Å². The second-order valence-electron chi connectivity index (χ2n) is 40.5. The number of aryl methyl sites for hydroxylation is 1. The largest absolute Gasteiger partial charge is 0.491 e. The number of rotatable bonds is 48.